The van der Waals surface area contributed by atoms with Gasteiger partial charge in [0, 0.05) is 0 Å². The summed E-state index contributed by atoms with van der Waals surface area (Å²) < 4.78 is 17.8. The van der Waals surface area contributed by atoms with Crippen LogP contribution in [0.3, 0.4) is 0 Å². The highest BCUT2D eigenvalue weighted by Gasteiger charge is 2.30. The minimum absolute atomic E-state index is 0.110. The topological polar surface area (TPSA) is 90.3 Å². The SMILES string of the molecule is COc1ccc(C(N(C)CN(O)C(=O)CCO)P(C)(C)=O)cc1. The Bertz CT molecular complexity index is 557. The van der Waals surface area contributed by atoms with Crippen molar-refractivity contribution in [2.24, 2.45) is 0 Å². The number of rotatable bonds is 8. The zero-order valence-corrected chi connectivity index (χ0v) is 14.9. The Balaban J connectivity index is 2.97. The third-order valence-corrected chi connectivity index (χ3v) is 5.26. The quantitative estimate of drug-likeness (QED) is 0.323. The Kier molecular flexibility index (Phi) is 7.22. The molecule has 2 N–H and O–H groups in total. The molecule has 0 heterocycles. The van der Waals surface area contributed by atoms with Crippen molar-refractivity contribution in [1.29, 1.82) is 0 Å². The summed E-state index contributed by atoms with van der Waals surface area (Å²) in [5.74, 6) is -0.348. The van der Waals surface area contributed by atoms with Crippen molar-refractivity contribution in [3.05, 3.63) is 29.8 Å². The second-order valence-electron chi connectivity index (χ2n) is 5.75. The zero-order valence-electron chi connectivity index (χ0n) is 14.0. The Labute approximate surface area is 136 Å². The van der Waals surface area contributed by atoms with E-state index in [-0.39, 0.29) is 19.7 Å². The molecule has 23 heavy (non-hydrogen) atoms. The van der Waals surface area contributed by atoms with Crippen LogP contribution in [-0.2, 0) is 9.36 Å². The smallest absolute Gasteiger partial charge is 0.249 e. The van der Waals surface area contributed by atoms with E-state index in [1.54, 1.807) is 44.5 Å². The van der Waals surface area contributed by atoms with E-state index in [1.807, 2.05) is 12.1 Å². The fraction of sp³-hybridized carbons (Fsp3) is 0.533. The van der Waals surface area contributed by atoms with Crippen molar-refractivity contribution in [2.75, 3.05) is 40.8 Å². The molecule has 8 heteroatoms. The highest BCUT2D eigenvalue weighted by molar-refractivity contribution is 7.62. The molecular formula is C15H25N2O5P. The molecule has 1 amide bonds. The van der Waals surface area contributed by atoms with Gasteiger partial charge in [-0.3, -0.25) is 14.9 Å². The Hall–Kier alpha value is -1.40. The largest absolute Gasteiger partial charge is 0.497 e. The highest BCUT2D eigenvalue weighted by atomic mass is 31.2. The molecule has 0 fully saturated rings. The second-order valence-corrected chi connectivity index (χ2v) is 9.10. The van der Waals surface area contributed by atoms with Crippen molar-refractivity contribution in [3.8, 4) is 5.75 Å². The average molecular weight is 344 g/mol. The number of benzene rings is 1. The molecular weight excluding hydrogens is 319 g/mol. The van der Waals surface area contributed by atoms with Crippen molar-refractivity contribution >= 4 is 13.0 Å². The van der Waals surface area contributed by atoms with Crippen LogP contribution in [0.15, 0.2) is 24.3 Å². The number of aliphatic hydroxyl groups excluding tert-OH is 1. The van der Waals surface area contributed by atoms with Crippen LogP contribution in [-0.4, -0.2) is 66.9 Å². The number of amides is 1. The van der Waals surface area contributed by atoms with E-state index in [1.165, 1.54) is 0 Å². The molecule has 0 saturated heterocycles. The van der Waals surface area contributed by atoms with Crippen LogP contribution in [0, 0.1) is 0 Å². The molecule has 1 unspecified atom stereocenters. The van der Waals surface area contributed by atoms with E-state index >= 15 is 0 Å². The van der Waals surface area contributed by atoms with E-state index < -0.39 is 18.8 Å². The summed E-state index contributed by atoms with van der Waals surface area (Å²) in [5, 5.41) is 19.1. The van der Waals surface area contributed by atoms with Gasteiger partial charge in [0.2, 0.25) is 5.91 Å². The first-order valence-corrected chi connectivity index (χ1v) is 9.86. The molecule has 7 nitrogen and oxygen atoms in total. The van der Waals surface area contributed by atoms with Crippen molar-refractivity contribution in [1.82, 2.24) is 9.96 Å². The fourth-order valence-corrected chi connectivity index (χ4v) is 4.37. The Morgan fingerprint density at radius 1 is 1.30 bits per heavy atom. The zero-order chi connectivity index (χ0) is 17.6. The van der Waals surface area contributed by atoms with E-state index in [0.29, 0.717) is 10.8 Å². The van der Waals surface area contributed by atoms with E-state index in [9.17, 15) is 14.6 Å². The molecule has 0 bridgehead atoms. The third kappa shape index (κ3) is 5.62. The number of hydroxylamine groups is 2. The number of hydrogen-bond donors (Lipinski definition) is 2. The molecule has 0 saturated carbocycles. The number of aliphatic hydroxyl groups is 1. The average Bonchev–Trinajstić information content (AvgIpc) is 2.46. The van der Waals surface area contributed by atoms with Crippen molar-refractivity contribution < 1.29 is 24.4 Å². The molecule has 0 aliphatic carbocycles. The lowest BCUT2D eigenvalue weighted by atomic mass is 10.2. The van der Waals surface area contributed by atoms with Crippen molar-refractivity contribution in [2.45, 2.75) is 12.2 Å². The lowest BCUT2D eigenvalue weighted by Gasteiger charge is -2.33. The summed E-state index contributed by atoms with van der Waals surface area (Å²) in [6.07, 6.45) is -0.159. The summed E-state index contributed by atoms with van der Waals surface area (Å²) in [7, 11) is 0.661. The standard InChI is InChI=1S/C15H25N2O5P/c1-16(11-17(20)14(19)9-10-18)15(23(3,4)21)12-5-7-13(22-2)8-6-12/h5-8,15,18,20H,9-11H2,1-4H3. The molecule has 0 spiro atoms. The fourth-order valence-electron chi connectivity index (χ4n) is 2.46. The predicted molar refractivity (Wildman–Crippen MR) is 88.2 cm³/mol. The molecule has 0 aliphatic heterocycles. The van der Waals surface area contributed by atoms with Crippen molar-refractivity contribution in [3.63, 3.8) is 0 Å². The van der Waals surface area contributed by atoms with Gasteiger partial charge in [-0.25, -0.2) is 5.06 Å². The van der Waals surface area contributed by atoms with Crippen LogP contribution in [0.1, 0.15) is 17.8 Å². The van der Waals surface area contributed by atoms with Crippen LogP contribution in [0.4, 0.5) is 0 Å². The van der Waals surface area contributed by atoms with Gasteiger partial charge in [0.25, 0.3) is 0 Å². The number of hydrogen-bond acceptors (Lipinski definition) is 6. The van der Waals surface area contributed by atoms with Gasteiger partial charge in [0.1, 0.15) is 19.6 Å². The Morgan fingerprint density at radius 2 is 1.87 bits per heavy atom. The van der Waals surface area contributed by atoms with Gasteiger partial charge >= 0.3 is 0 Å². The predicted octanol–water partition coefficient (Wildman–Crippen LogP) is 1.81. The molecule has 0 aliphatic rings. The Morgan fingerprint density at radius 3 is 2.30 bits per heavy atom. The monoisotopic (exact) mass is 344 g/mol. The van der Waals surface area contributed by atoms with E-state index in [4.69, 9.17) is 9.84 Å². The highest BCUT2D eigenvalue weighted by Crippen LogP contribution is 2.54. The number of methoxy groups -OCH3 is 1. The molecule has 1 aromatic carbocycles. The summed E-state index contributed by atoms with van der Waals surface area (Å²) >= 11 is 0. The maximum atomic E-state index is 12.7. The second kappa shape index (κ2) is 8.45. The number of carbonyl (C=O) groups excluding carboxylic acids is 1. The molecule has 0 aromatic heterocycles. The van der Waals surface area contributed by atoms with E-state index in [0.717, 1.165) is 5.56 Å². The van der Waals surface area contributed by atoms with Gasteiger partial charge in [-0.1, -0.05) is 12.1 Å². The van der Waals surface area contributed by atoms with Gasteiger partial charge in [-0.15, -0.1) is 0 Å². The summed E-state index contributed by atoms with van der Waals surface area (Å²) in [6, 6.07) is 7.19. The molecule has 130 valence electrons. The molecule has 1 aromatic rings. The number of carbonyl (C=O) groups is 1. The normalized spacial score (nSPS) is 13.0. The van der Waals surface area contributed by atoms with Crippen LogP contribution in [0.2, 0.25) is 0 Å². The van der Waals surface area contributed by atoms with Crippen LogP contribution < -0.4 is 4.74 Å². The van der Waals surface area contributed by atoms with Gasteiger partial charge in [0.15, 0.2) is 0 Å². The number of ether oxygens (including phenoxy) is 1. The summed E-state index contributed by atoms with van der Waals surface area (Å²) in [6.45, 7) is 2.88. The minimum Gasteiger partial charge on any atom is -0.497 e. The van der Waals surface area contributed by atoms with Gasteiger partial charge < -0.3 is 14.4 Å². The first-order chi connectivity index (χ1) is 10.7. The van der Waals surface area contributed by atoms with E-state index in [2.05, 4.69) is 0 Å². The lowest BCUT2D eigenvalue weighted by Crippen LogP contribution is -2.39. The van der Waals surface area contributed by atoms with Crippen LogP contribution >= 0.6 is 7.14 Å². The van der Waals surface area contributed by atoms with Crippen LogP contribution in [0.5, 0.6) is 5.75 Å². The molecule has 1 rings (SSSR count). The lowest BCUT2D eigenvalue weighted by molar-refractivity contribution is -0.174. The maximum absolute atomic E-state index is 12.7. The molecule has 1 atom stereocenters. The summed E-state index contributed by atoms with van der Waals surface area (Å²) in [4.78, 5) is 13.2. The first kappa shape index (κ1) is 19.6. The van der Waals surface area contributed by atoms with Gasteiger partial charge in [0.05, 0.1) is 25.9 Å². The number of nitrogens with zero attached hydrogens (tertiary/aromatic N) is 2. The minimum atomic E-state index is -2.59. The third-order valence-electron chi connectivity index (χ3n) is 3.39. The van der Waals surface area contributed by atoms with Gasteiger partial charge in [-0.05, 0) is 38.1 Å². The van der Waals surface area contributed by atoms with Gasteiger partial charge in [-0.2, -0.15) is 0 Å². The summed E-state index contributed by atoms with van der Waals surface area (Å²) in [5.41, 5.74) is 0.810. The first-order valence-electron chi connectivity index (χ1n) is 7.19. The van der Waals surface area contributed by atoms with Crippen LogP contribution in [0.25, 0.3) is 0 Å². The maximum Gasteiger partial charge on any atom is 0.249 e. The molecule has 0 radical (unpaired) electrons.